The first-order chi connectivity index (χ1) is 14.1. The van der Waals surface area contributed by atoms with E-state index in [1.54, 1.807) is 7.11 Å². The second kappa shape index (κ2) is 8.49. The van der Waals surface area contributed by atoms with Gasteiger partial charge in [0, 0.05) is 11.9 Å². The minimum absolute atomic E-state index is 0.0419. The highest BCUT2D eigenvalue weighted by Gasteiger charge is 2.16. The average Bonchev–Trinajstić information content (AvgIpc) is 3.30. The third kappa shape index (κ3) is 4.32. The number of nitrogens with zero attached hydrogens (tertiary/aromatic N) is 2. The highest BCUT2D eigenvalue weighted by molar-refractivity contribution is 7.20. The molecule has 0 aliphatic rings. The predicted molar refractivity (Wildman–Crippen MR) is 117 cm³/mol. The molecule has 4 aromatic rings. The summed E-state index contributed by atoms with van der Waals surface area (Å²) in [6.45, 7) is 3.26. The van der Waals surface area contributed by atoms with Gasteiger partial charge in [-0.3, -0.25) is 9.48 Å². The molecule has 6 heteroatoms. The molecule has 0 spiro atoms. The molecule has 4 rings (SSSR count). The van der Waals surface area contributed by atoms with Crippen LogP contribution in [0.25, 0.3) is 10.2 Å². The van der Waals surface area contributed by atoms with E-state index in [1.165, 1.54) is 16.9 Å². The fraction of sp³-hybridized carbons (Fsp3) is 0.217. The van der Waals surface area contributed by atoms with Crippen LogP contribution in [0.15, 0.2) is 60.7 Å². The van der Waals surface area contributed by atoms with Crippen LogP contribution in [0.1, 0.15) is 26.5 Å². The van der Waals surface area contributed by atoms with E-state index in [-0.39, 0.29) is 5.91 Å². The summed E-state index contributed by atoms with van der Waals surface area (Å²) >= 11 is 1.49. The number of hydrogen-bond donors (Lipinski definition) is 1. The van der Waals surface area contributed by atoms with Crippen molar-refractivity contribution in [2.45, 2.75) is 19.9 Å². The molecule has 0 saturated heterocycles. The maximum atomic E-state index is 12.7. The van der Waals surface area contributed by atoms with Gasteiger partial charge in [-0.05, 0) is 42.7 Å². The van der Waals surface area contributed by atoms with Crippen LogP contribution in [0.5, 0.6) is 5.75 Å². The molecule has 0 aliphatic heterocycles. The monoisotopic (exact) mass is 405 g/mol. The lowest BCUT2D eigenvalue weighted by molar-refractivity contribution is 0.0958. The Hall–Kier alpha value is -3.12. The number of nitrogens with one attached hydrogen (secondary N) is 1. The molecule has 29 heavy (non-hydrogen) atoms. The van der Waals surface area contributed by atoms with Gasteiger partial charge in [-0.1, -0.05) is 42.5 Å². The molecule has 0 unspecified atom stereocenters. The second-order valence-corrected chi connectivity index (χ2v) is 7.95. The fourth-order valence-electron chi connectivity index (χ4n) is 3.32. The van der Waals surface area contributed by atoms with Crippen molar-refractivity contribution in [2.24, 2.45) is 0 Å². The number of carbonyl (C=O) groups is 1. The van der Waals surface area contributed by atoms with Crippen molar-refractivity contribution in [1.82, 2.24) is 15.1 Å². The first-order valence-corrected chi connectivity index (χ1v) is 10.4. The molecular formula is C23H23N3O2S. The number of fused-ring (bicyclic) bond motifs is 1. The van der Waals surface area contributed by atoms with E-state index in [4.69, 9.17) is 4.74 Å². The average molecular weight is 406 g/mol. The number of benzene rings is 2. The van der Waals surface area contributed by atoms with Gasteiger partial charge in [-0.15, -0.1) is 11.3 Å². The van der Waals surface area contributed by atoms with Crippen molar-refractivity contribution in [1.29, 1.82) is 0 Å². The van der Waals surface area contributed by atoms with E-state index in [1.807, 2.05) is 60.1 Å². The van der Waals surface area contributed by atoms with Crippen LogP contribution in [0.2, 0.25) is 0 Å². The number of thiophene rings is 1. The molecule has 5 nitrogen and oxygen atoms in total. The van der Waals surface area contributed by atoms with E-state index in [9.17, 15) is 4.79 Å². The zero-order valence-corrected chi connectivity index (χ0v) is 17.3. The highest BCUT2D eigenvalue weighted by atomic mass is 32.1. The number of aromatic nitrogens is 2. The Morgan fingerprint density at radius 2 is 1.90 bits per heavy atom. The predicted octanol–water partition coefficient (Wildman–Crippen LogP) is 4.44. The quantitative estimate of drug-likeness (QED) is 0.495. The van der Waals surface area contributed by atoms with Crippen molar-refractivity contribution in [3.8, 4) is 5.75 Å². The summed E-state index contributed by atoms with van der Waals surface area (Å²) in [7, 11) is 1.66. The first-order valence-electron chi connectivity index (χ1n) is 9.56. The molecule has 0 fully saturated rings. The topological polar surface area (TPSA) is 56.1 Å². The van der Waals surface area contributed by atoms with Crippen molar-refractivity contribution in [3.63, 3.8) is 0 Å². The third-order valence-corrected chi connectivity index (χ3v) is 5.99. The van der Waals surface area contributed by atoms with Gasteiger partial charge < -0.3 is 10.1 Å². The third-order valence-electron chi connectivity index (χ3n) is 4.84. The lowest BCUT2D eigenvalue weighted by atomic mass is 10.1. The standard InChI is InChI=1S/C23H23N3O2S/c1-16-20-14-21(22(27)24-12-11-17-9-6-10-19(13-17)28-2)29-23(20)26(25-16)15-18-7-4-3-5-8-18/h3-10,13-14H,11-12,15H2,1-2H3,(H,24,27). The van der Waals surface area contributed by atoms with Gasteiger partial charge in [-0.2, -0.15) is 5.10 Å². The van der Waals surface area contributed by atoms with Gasteiger partial charge in [0.2, 0.25) is 0 Å². The molecule has 0 atom stereocenters. The largest absolute Gasteiger partial charge is 0.497 e. The first kappa shape index (κ1) is 19.2. The lowest BCUT2D eigenvalue weighted by Crippen LogP contribution is -2.24. The molecule has 0 aliphatic carbocycles. The summed E-state index contributed by atoms with van der Waals surface area (Å²) in [5, 5.41) is 8.72. The van der Waals surface area contributed by atoms with Crippen LogP contribution in [-0.4, -0.2) is 29.3 Å². The number of amides is 1. The SMILES string of the molecule is COc1cccc(CCNC(=O)c2cc3c(C)nn(Cc4ccccc4)c3s2)c1. The number of carbonyl (C=O) groups excluding carboxylic acids is 1. The highest BCUT2D eigenvalue weighted by Crippen LogP contribution is 2.28. The molecule has 2 heterocycles. The van der Waals surface area contributed by atoms with Gasteiger partial charge in [0.05, 0.1) is 24.2 Å². The minimum Gasteiger partial charge on any atom is -0.497 e. The Bertz CT molecular complexity index is 1130. The Morgan fingerprint density at radius 3 is 2.69 bits per heavy atom. The number of hydrogen-bond acceptors (Lipinski definition) is 4. The van der Waals surface area contributed by atoms with Gasteiger partial charge in [0.25, 0.3) is 5.91 Å². The van der Waals surface area contributed by atoms with Crippen LogP contribution in [0.4, 0.5) is 0 Å². The molecule has 148 valence electrons. The normalized spacial score (nSPS) is 11.0. The Kier molecular flexibility index (Phi) is 5.62. The van der Waals surface area contributed by atoms with Crippen molar-refractivity contribution >= 4 is 27.5 Å². The van der Waals surface area contributed by atoms with Crippen LogP contribution in [0, 0.1) is 6.92 Å². The number of rotatable bonds is 7. The maximum absolute atomic E-state index is 12.7. The van der Waals surface area contributed by atoms with Crippen molar-refractivity contribution < 1.29 is 9.53 Å². The van der Waals surface area contributed by atoms with Gasteiger partial charge in [-0.25, -0.2) is 0 Å². The van der Waals surface area contributed by atoms with Crippen LogP contribution >= 0.6 is 11.3 Å². The zero-order valence-electron chi connectivity index (χ0n) is 16.5. The van der Waals surface area contributed by atoms with E-state index >= 15 is 0 Å². The molecule has 0 radical (unpaired) electrons. The molecule has 0 saturated carbocycles. The van der Waals surface area contributed by atoms with Gasteiger partial charge in [0.15, 0.2) is 0 Å². The summed E-state index contributed by atoms with van der Waals surface area (Å²) in [6, 6.07) is 20.1. The minimum atomic E-state index is -0.0419. The van der Waals surface area contributed by atoms with Gasteiger partial charge in [0.1, 0.15) is 10.6 Å². The van der Waals surface area contributed by atoms with Gasteiger partial charge >= 0.3 is 0 Å². The summed E-state index contributed by atoms with van der Waals surface area (Å²) < 4.78 is 7.23. The molecule has 2 aromatic heterocycles. The van der Waals surface area contributed by atoms with Crippen LogP contribution < -0.4 is 10.1 Å². The fourth-order valence-corrected chi connectivity index (χ4v) is 4.40. The van der Waals surface area contributed by atoms with E-state index in [2.05, 4.69) is 22.5 Å². The summed E-state index contributed by atoms with van der Waals surface area (Å²) in [5.41, 5.74) is 3.27. The Morgan fingerprint density at radius 1 is 1.10 bits per heavy atom. The molecular weight excluding hydrogens is 382 g/mol. The van der Waals surface area contributed by atoms with Crippen molar-refractivity contribution in [3.05, 3.63) is 82.4 Å². The number of ether oxygens (including phenoxy) is 1. The summed E-state index contributed by atoms with van der Waals surface area (Å²) in [4.78, 5) is 14.4. The van der Waals surface area contributed by atoms with E-state index in [0.717, 1.165) is 33.6 Å². The smallest absolute Gasteiger partial charge is 0.261 e. The molecule has 1 amide bonds. The molecule has 0 bridgehead atoms. The summed E-state index contributed by atoms with van der Waals surface area (Å²) in [6.07, 6.45) is 0.759. The zero-order chi connectivity index (χ0) is 20.2. The van der Waals surface area contributed by atoms with Crippen LogP contribution in [-0.2, 0) is 13.0 Å². The molecule has 2 aromatic carbocycles. The van der Waals surface area contributed by atoms with E-state index in [0.29, 0.717) is 18.0 Å². The van der Waals surface area contributed by atoms with Crippen LogP contribution in [0.3, 0.4) is 0 Å². The Balaban J connectivity index is 1.44. The molecule has 1 N–H and O–H groups in total. The second-order valence-electron chi connectivity index (χ2n) is 6.92. The maximum Gasteiger partial charge on any atom is 0.261 e. The summed E-state index contributed by atoms with van der Waals surface area (Å²) in [5.74, 6) is 0.788. The Labute approximate surface area is 173 Å². The lowest BCUT2D eigenvalue weighted by Gasteiger charge is -2.06. The number of aryl methyl sites for hydroxylation is 1. The number of methoxy groups -OCH3 is 1. The van der Waals surface area contributed by atoms with Crippen molar-refractivity contribution in [2.75, 3.05) is 13.7 Å². The van der Waals surface area contributed by atoms with E-state index < -0.39 is 0 Å².